The normalized spacial score (nSPS) is 14.6. The van der Waals surface area contributed by atoms with Crippen LogP contribution in [0.1, 0.15) is 29.9 Å². The molecule has 1 aliphatic rings. The number of thiazole rings is 1. The first-order valence-electron chi connectivity index (χ1n) is 14.8. The van der Waals surface area contributed by atoms with Gasteiger partial charge in [0.1, 0.15) is 23.3 Å². The summed E-state index contributed by atoms with van der Waals surface area (Å²) in [5.41, 5.74) is 2.32. The number of carbonyl (C=O) groups excluding carboxylic acids is 1. The molecule has 47 heavy (non-hydrogen) atoms. The largest absolute Gasteiger partial charge is 0.496 e. The Morgan fingerprint density at radius 3 is 2.55 bits per heavy atom. The van der Waals surface area contributed by atoms with E-state index in [1.807, 2.05) is 72.8 Å². The summed E-state index contributed by atoms with van der Waals surface area (Å²) in [7, 11) is 1.57. The summed E-state index contributed by atoms with van der Waals surface area (Å²) >= 11 is 13.9. The van der Waals surface area contributed by atoms with Crippen LogP contribution in [0.15, 0.2) is 117 Å². The van der Waals surface area contributed by atoms with Gasteiger partial charge in [-0.3, -0.25) is 9.36 Å². The Labute approximate surface area is 283 Å². The van der Waals surface area contributed by atoms with Gasteiger partial charge in [-0.1, -0.05) is 101 Å². The second-order valence-corrected chi connectivity index (χ2v) is 12.4. The zero-order valence-electron chi connectivity index (χ0n) is 25.2. The Morgan fingerprint density at radius 2 is 1.77 bits per heavy atom. The molecule has 0 saturated heterocycles. The third-order valence-electron chi connectivity index (χ3n) is 7.91. The van der Waals surface area contributed by atoms with Crippen LogP contribution in [-0.2, 0) is 9.53 Å². The number of hydrogen-bond donors (Lipinski definition) is 0. The number of hydrogen-bond acceptors (Lipinski definition) is 7. The van der Waals surface area contributed by atoms with Crippen LogP contribution in [0, 0.1) is 0 Å². The maximum Gasteiger partial charge on any atom is 0.338 e. The minimum Gasteiger partial charge on any atom is -0.496 e. The Hall–Kier alpha value is -4.89. The van der Waals surface area contributed by atoms with Crippen molar-refractivity contribution in [2.75, 3.05) is 13.7 Å². The maximum atomic E-state index is 14.5. The van der Waals surface area contributed by atoms with Crippen LogP contribution >= 0.6 is 34.5 Å². The lowest BCUT2D eigenvalue weighted by Gasteiger charge is -2.28. The number of nitrogens with zero attached hydrogens (tertiary/aromatic N) is 2. The fourth-order valence-corrected chi connectivity index (χ4v) is 7.22. The van der Waals surface area contributed by atoms with Gasteiger partial charge < -0.3 is 13.9 Å². The number of esters is 1. The highest BCUT2D eigenvalue weighted by molar-refractivity contribution is 7.07. The molecule has 0 amide bonds. The first-order chi connectivity index (χ1) is 22.9. The highest BCUT2D eigenvalue weighted by Crippen LogP contribution is 2.42. The van der Waals surface area contributed by atoms with Gasteiger partial charge in [0.15, 0.2) is 4.80 Å². The van der Waals surface area contributed by atoms with Gasteiger partial charge in [-0.25, -0.2) is 9.79 Å². The summed E-state index contributed by atoms with van der Waals surface area (Å²) in [6, 6.07) is 28.9. The molecule has 7 nitrogen and oxygen atoms in total. The summed E-state index contributed by atoms with van der Waals surface area (Å²) in [6.07, 6.45) is 1.67. The molecule has 7 rings (SSSR count). The molecule has 2 aromatic heterocycles. The topological polar surface area (TPSA) is 83.0 Å². The molecule has 0 spiro atoms. The quantitative estimate of drug-likeness (QED) is 0.162. The van der Waals surface area contributed by atoms with Crippen LogP contribution < -0.4 is 19.6 Å². The van der Waals surface area contributed by atoms with Crippen molar-refractivity contribution in [3.05, 3.63) is 149 Å². The van der Waals surface area contributed by atoms with Crippen LogP contribution in [0.3, 0.4) is 0 Å². The Balaban J connectivity index is 1.51. The summed E-state index contributed by atoms with van der Waals surface area (Å²) in [5.74, 6) is 0.895. The standard InChI is InChI=1S/C37H26Cl2N2O5S/c1-3-45-36(43)31-33(22-11-5-4-6-12-22)40-37-41(34(31)30-24-13-8-7-10-21(24)16-18-28(30)44-2)35(42)29(47-37)20-23-17-19-27(46-23)25-14-9-15-26(38)32(25)39/h4-20,34H,3H2,1-2H3/t34-/m0/s1. The van der Waals surface area contributed by atoms with Crippen molar-refractivity contribution in [2.24, 2.45) is 4.99 Å². The van der Waals surface area contributed by atoms with Crippen LogP contribution in [0.4, 0.5) is 0 Å². The third kappa shape index (κ3) is 5.48. The van der Waals surface area contributed by atoms with E-state index >= 15 is 0 Å². The minimum absolute atomic E-state index is 0.145. The smallest absolute Gasteiger partial charge is 0.338 e. The molecule has 1 atom stereocenters. The second-order valence-electron chi connectivity index (χ2n) is 10.6. The summed E-state index contributed by atoms with van der Waals surface area (Å²) in [6.45, 7) is 1.89. The number of benzene rings is 4. The fraction of sp³-hybridized carbons (Fsp3) is 0.108. The van der Waals surface area contributed by atoms with E-state index in [0.717, 1.165) is 10.8 Å². The predicted octanol–water partition coefficient (Wildman–Crippen LogP) is 7.66. The molecule has 0 fully saturated rings. The van der Waals surface area contributed by atoms with Crippen molar-refractivity contribution in [2.45, 2.75) is 13.0 Å². The van der Waals surface area contributed by atoms with Gasteiger partial charge in [0.2, 0.25) is 0 Å². The maximum absolute atomic E-state index is 14.5. The van der Waals surface area contributed by atoms with Crippen molar-refractivity contribution < 1.29 is 18.7 Å². The van der Waals surface area contributed by atoms with E-state index in [-0.39, 0.29) is 17.7 Å². The number of rotatable bonds is 7. The number of carbonyl (C=O) groups is 1. The molecule has 0 radical (unpaired) electrons. The third-order valence-corrected chi connectivity index (χ3v) is 9.72. The number of fused-ring (bicyclic) bond motifs is 2. The van der Waals surface area contributed by atoms with Gasteiger partial charge in [0.25, 0.3) is 5.56 Å². The van der Waals surface area contributed by atoms with Gasteiger partial charge in [-0.05, 0) is 48.0 Å². The molecule has 10 heteroatoms. The molecule has 0 saturated carbocycles. The summed E-state index contributed by atoms with van der Waals surface area (Å²) in [4.78, 5) is 33.8. The molecular formula is C37H26Cl2N2O5S. The molecule has 0 N–H and O–H groups in total. The van der Waals surface area contributed by atoms with Crippen LogP contribution in [0.25, 0.3) is 33.9 Å². The lowest BCUT2D eigenvalue weighted by Crippen LogP contribution is -2.40. The zero-order valence-corrected chi connectivity index (χ0v) is 27.5. The van der Waals surface area contributed by atoms with E-state index in [1.54, 1.807) is 48.9 Å². The molecular weight excluding hydrogens is 655 g/mol. The highest BCUT2D eigenvalue weighted by Gasteiger charge is 2.37. The Kier molecular flexibility index (Phi) is 8.32. The first kappa shape index (κ1) is 30.7. The van der Waals surface area contributed by atoms with Crippen LogP contribution in [0.2, 0.25) is 10.0 Å². The highest BCUT2D eigenvalue weighted by atomic mass is 35.5. The lowest BCUT2D eigenvalue weighted by molar-refractivity contribution is -0.138. The Morgan fingerprint density at radius 1 is 0.979 bits per heavy atom. The molecule has 1 aliphatic heterocycles. The lowest BCUT2D eigenvalue weighted by atomic mass is 9.89. The van der Waals surface area contributed by atoms with Gasteiger partial charge >= 0.3 is 5.97 Å². The SMILES string of the molecule is CCOC(=O)C1=C(c2ccccc2)N=c2sc(=Cc3ccc(-c4cccc(Cl)c4Cl)o3)c(=O)n2[C@H]1c1c(OC)ccc2ccccc12. The van der Waals surface area contributed by atoms with E-state index < -0.39 is 12.0 Å². The minimum atomic E-state index is -0.916. The second kappa shape index (κ2) is 12.7. The zero-order chi connectivity index (χ0) is 32.7. The molecule has 0 aliphatic carbocycles. The summed E-state index contributed by atoms with van der Waals surface area (Å²) in [5, 5.41) is 2.54. The van der Waals surface area contributed by atoms with E-state index in [9.17, 15) is 9.59 Å². The number of ether oxygens (including phenoxy) is 2. The van der Waals surface area contributed by atoms with Gasteiger partial charge in [0, 0.05) is 22.8 Å². The van der Waals surface area contributed by atoms with Crippen molar-refractivity contribution >= 4 is 63.1 Å². The molecule has 3 heterocycles. The molecule has 0 bridgehead atoms. The molecule has 6 aromatic rings. The Bertz CT molecular complexity index is 2390. The van der Waals surface area contributed by atoms with Gasteiger partial charge in [0.05, 0.1) is 39.6 Å². The van der Waals surface area contributed by atoms with Gasteiger partial charge in [-0.2, -0.15) is 0 Å². The molecule has 234 valence electrons. The van der Waals surface area contributed by atoms with Crippen LogP contribution in [-0.4, -0.2) is 24.3 Å². The van der Waals surface area contributed by atoms with E-state index in [2.05, 4.69) is 0 Å². The monoisotopic (exact) mass is 680 g/mol. The number of furan rings is 1. The van der Waals surface area contributed by atoms with Crippen molar-refractivity contribution in [1.82, 2.24) is 4.57 Å². The van der Waals surface area contributed by atoms with Crippen molar-refractivity contribution in [1.29, 1.82) is 0 Å². The average molecular weight is 682 g/mol. The van der Waals surface area contributed by atoms with E-state index in [1.165, 1.54) is 11.3 Å². The predicted molar refractivity (Wildman–Crippen MR) is 186 cm³/mol. The van der Waals surface area contributed by atoms with Crippen molar-refractivity contribution in [3.63, 3.8) is 0 Å². The number of methoxy groups -OCH3 is 1. The van der Waals surface area contributed by atoms with E-state index in [0.29, 0.717) is 59.0 Å². The van der Waals surface area contributed by atoms with E-state index in [4.69, 9.17) is 42.1 Å². The molecule has 4 aromatic carbocycles. The van der Waals surface area contributed by atoms with Gasteiger partial charge in [-0.15, -0.1) is 0 Å². The summed E-state index contributed by atoms with van der Waals surface area (Å²) < 4.78 is 19.6. The first-order valence-corrected chi connectivity index (χ1v) is 16.3. The number of aromatic nitrogens is 1. The fourth-order valence-electron chi connectivity index (χ4n) is 5.85. The average Bonchev–Trinajstić information content (AvgIpc) is 3.68. The van der Waals surface area contributed by atoms with Crippen LogP contribution in [0.5, 0.6) is 5.75 Å². The number of halogens is 2. The van der Waals surface area contributed by atoms with Crippen molar-refractivity contribution in [3.8, 4) is 17.1 Å². The molecule has 0 unspecified atom stereocenters.